The number of amides is 1. The van der Waals surface area contributed by atoms with Gasteiger partial charge in [-0.1, -0.05) is 12.1 Å². The summed E-state index contributed by atoms with van der Waals surface area (Å²) in [6.45, 7) is 6.81. The first kappa shape index (κ1) is 19.1. The van der Waals surface area contributed by atoms with Crippen LogP contribution in [0.4, 0.5) is 0 Å². The van der Waals surface area contributed by atoms with Gasteiger partial charge in [-0.3, -0.25) is 19.4 Å². The zero-order chi connectivity index (χ0) is 20.5. The van der Waals surface area contributed by atoms with Gasteiger partial charge in [-0.05, 0) is 37.5 Å². The molecular weight excluding hydrogens is 370 g/mol. The summed E-state index contributed by atoms with van der Waals surface area (Å²) in [4.78, 5) is 30.5. The highest BCUT2D eigenvalue weighted by Gasteiger charge is 2.22. The van der Waals surface area contributed by atoms with Crippen LogP contribution in [0.3, 0.4) is 0 Å². The van der Waals surface area contributed by atoms with Gasteiger partial charge in [0.2, 0.25) is 0 Å². The number of nitrogens with one attached hydrogen (secondary N) is 2. The van der Waals surface area contributed by atoms with Crippen LogP contribution < -0.4 is 16.4 Å². The molecule has 150 valence electrons. The second-order valence-corrected chi connectivity index (χ2v) is 7.24. The second kappa shape index (κ2) is 7.63. The van der Waals surface area contributed by atoms with Crippen LogP contribution in [-0.4, -0.2) is 39.1 Å². The van der Waals surface area contributed by atoms with Crippen molar-refractivity contribution in [3.63, 3.8) is 0 Å². The first-order valence-corrected chi connectivity index (χ1v) is 9.61. The third-order valence-corrected chi connectivity index (χ3v) is 5.12. The molecule has 0 aliphatic carbocycles. The van der Waals surface area contributed by atoms with Crippen molar-refractivity contribution in [2.75, 3.05) is 13.2 Å². The van der Waals surface area contributed by atoms with Crippen molar-refractivity contribution in [3.8, 4) is 0 Å². The minimum atomic E-state index is -0.424. The molecule has 8 heteroatoms. The lowest BCUT2D eigenvalue weighted by molar-refractivity contribution is 0.0935. The lowest BCUT2D eigenvalue weighted by Crippen LogP contribution is -2.36. The Hall–Kier alpha value is -3.26. The molecule has 1 saturated heterocycles. The van der Waals surface area contributed by atoms with E-state index in [0.29, 0.717) is 29.8 Å². The highest BCUT2D eigenvalue weighted by molar-refractivity contribution is 5.96. The van der Waals surface area contributed by atoms with Crippen molar-refractivity contribution in [2.45, 2.75) is 32.4 Å². The van der Waals surface area contributed by atoms with E-state index in [4.69, 9.17) is 10.1 Å². The number of rotatable bonds is 5. The molecule has 0 saturated carbocycles. The van der Waals surface area contributed by atoms with Crippen molar-refractivity contribution in [1.82, 2.24) is 19.3 Å². The Kier molecular flexibility index (Phi) is 5.02. The summed E-state index contributed by atoms with van der Waals surface area (Å²) in [7, 11) is 0. The van der Waals surface area contributed by atoms with E-state index < -0.39 is 5.91 Å². The minimum Gasteiger partial charge on any atom is -0.376 e. The van der Waals surface area contributed by atoms with Crippen LogP contribution in [0, 0.1) is 12.3 Å². The maximum atomic E-state index is 13.2. The summed E-state index contributed by atoms with van der Waals surface area (Å²) in [6, 6.07) is 5.13. The molecule has 0 aromatic carbocycles. The molecule has 2 N–H and O–H groups in total. The molecule has 0 spiro atoms. The van der Waals surface area contributed by atoms with Gasteiger partial charge in [-0.25, -0.2) is 4.98 Å². The predicted octanol–water partition coefficient (Wildman–Crippen LogP) is 1.53. The van der Waals surface area contributed by atoms with Crippen LogP contribution in [0.25, 0.3) is 16.7 Å². The number of nitrogens with zero attached hydrogens (tertiary/aromatic N) is 3. The van der Waals surface area contributed by atoms with Gasteiger partial charge in [0.15, 0.2) is 0 Å². The van der Waals surface area contributed by atoms with Crippen molar-refractivity contribution >= 4 is 22.6 Å². The normalized spacial score (nSPS) is 16.4. The topological polar surface area (TPSA) is 101 Å². The highest BCUT2D eigenvalue weighted by atomic mass is 16.5. The summed E-state index contributed by atoms with van der Waals surface area (Å²) in [5, 5.41) is 11.6. The number of ether oxygens (including phenoxy) is 1. The smallest absolute Gasteiger partial charge is 0.267 e. The number of aromatic nitrogens is 3. The maximum absolute atomic E-state index is 13.2. The second-order valence-electron chi connectivity index (χ2n) is 7.24. The zero-order valence-electron chi connectivity index (χ0n) is 16.3. The summed E-state index contributed by atoms with van der Waals surface area (Å²) in [6.07, 6.45) is 5.04. The van der Waals surface area contributed by atoms with Gasteiger partial charge < -0.3 is 14.6 Å². The van der Waals surface area contributed by atoms with E-state index in [1.54, 1.807) is 22.9 Å². The number of hydrogen-bond acceptors (Lipinski definition) is 5. The van der Waals surface area contributed by atoms with Crippen LogP contribution in [0.15, 0.2) is 41.8 Å². The molecule has 1 atom stereocenters. The monoisotopic (exact) mass is 393 g/mol. The molecule has 3 aromatic rings. The van der Waals surface area contributed by atoms with Crippen molar-refractivity contribution in [3.05, 3.63) is 64.0 Å². The number of aryl methyl sites for hydroxylation is 1. The first-order chi connectivity index (χ1) is 14.0. The van der Waals surface area contributed by atoms with Gasteiger partial charge in [0.1, 0.15) is 16.8 Å². The van der Waals surface area contributed by atoms with E-state index in [-0.39, 0.29) is 29.3 Å². The van der Waals surface area contributed by atoms with Crippen LogP contribution in [-0.2, 0) is 11.3 Å². The fourth-order valence-corrected chi connectivity index (χ4v) is 3.65. The molecule has 4 rings (SSSR count). The zero-order valence-corrected chi connectivity index (χ0v) is 16.3. The Morgan fingerprint density at radius 1 is 1.48 bits per heavy atom. The van der Waals surface area contributed by atoms with Gasteiger partial charge in [0.05, 0.1) is 23.6 Å². The number of carbonyl (C=O) groups excluding carboxylic acids is 1. The van der Waals surface area contributed by atoms with E-state index in [2.05, 4.69) is 16.9 Å². The number of hydrogen-bond donors (Lipinski definition) is 2. The lowest BCUT2D eigenvalue weighted by atomic mass is 10.1. The molecule has 1 fully saturated rings. The molecule has 4 heterocycles. The highest BCUT2D eigenvalue weighted by Crippen LogP contribution is 2.17. The average molecular weight is 393 g/mol. The van der Waals surface area contributed by atoms with Gasteiger partial charge in [0.25, 0.3) is 11.5 Å². The van der Waals surface area contributed by atoms with Gasteiger partial charge >= 0.3 is 0 Å². The van der Waals surface area contributed by atoms with Crippen LogP contribution in [0.2, 0.25) is 0 Å². The van der Waals surface area contributed by atoms with Crippen LogP contribution >= 0.6 is 0 Å². The molecule has 1 aliphatic rings. The molecule has 29 heavy (non-hydrogen) atoms. The Labute approximate surface area is 167 Å². The van der Waals surface area contributed by atoms with Gasteiger partial charge in [-0.15, -0.1) is 6.58 Å². The maximum Gasteiger partial charge on any atom is 0.267 e. The molecule has 1 amide bonds. The third kappa shape index (κ3) is 3.47. The summed E-state index contributed by atoms with van der Waals surface area (Å²) < 4.78 is 8.83. The van der Waals surface area contributed by atoms with Gasteiger partial charge in [0, 0.05) is 19.3 Å². The van der Waals surface area contributed by atoms with Crippen molar-refractivity contribution in [1.29, 1.82) is 5.41 Å². The largest absolute Gasteiger partial charge is 0.376 e. The summed E-state index contributed by atoms with van der Waals surface area (Å²) in [5.41, 5.74) is 1.68. The first-order valence-electron chi connectivity index (χ1n) is 9.61. The Bertz CT molecular complexity index is 1240. The SMILES string of the molecule is C=CCNC(=O)c1cc2c(=O)n3cc(C)ccc3nc2n(CC2CCCO2)c1=N. The fraction of sp³-hybridized carbons (Fsp3) is 0.333. The molecule has 1 aliphatic heterocycles. The number of pyridine rings is 2. The third-order valence-electron chi connectivity index (χ3n) is 5.12. The molecular formula is C21H23N5O3. The number of carbonyl (C=O) groups is 1. The standard InChI is InChI=1S/C21H23N5O3/c1-3-8-23-20(27)15-10-16-19(26(18(15)22)12-14-5-4-9-29-14)24-17-7-6-13(2)11-25(17)21(16)28/h3,6-7,10-11,14,22H,1,4-5,8-9,12H2,2H3,(H,23,27). The summed E-state index contributed by atoms with van der Waals surface area (Å²) >= 11 is 0. The Morgan fingerprint density at radius 3 is 3.03 bits per heavy atom. The minimum absolute atomic E-state index is 0.0120. The Balaban J connectivity index is 2.00. The van der Waals surface area contributed by atoms with E-state index in [1.165, 1.54) is 10.5 Å². The van der Waals surface area contributed by atoms with E-state index >= 15 is 0 Å². The summed E-state index contributed by atoms with van der Waals surface area (Å²) in [5.74, 6) is -0.424. The number of fused-ring (bicyclic) bond motifs is 2. The molecule has 3 aromatic heterocycles. The Morgan fingerprint density at radius 2 is 2.31 bits per heavy atom. The average Bonchev–Trinajstić information content (AvgIpc) is 3.22. The lowest BCUT2D eigenvalue weighted by Gasteiger charge is -2.17. The molecule has 0 radical (unpaired) electrons. The van der Waals surface area contributed by atoms with E-state index in [9.17, 15) is 9.59 Å². The predicted molar refractivity (Wildman–Crippen MR) is 109 cm³/mol. The van der Waals surface area contributed by atoms with E-state index in [0.717, 1.165) is 18.4 Å². The quantitative estimate of drug-likeness (QED) is 0.507. The van der Waals surface area contributed by atoms with Gasteiger partial charge in [-0.2, -0.15) is 0 Å². The van der Waals surface area contributed by atoms with Crippen LogP contribution in [0.5, 0.6) is 0 Å². The molecule has 0 bridgehead atoms. The molecule has 1 unspecified atom stereocenters. The van der Waals surface area contributed by atoms with E-state index in [1.807, 2.05) is 13.0 Å². The molecule has 8 nitrogen and oxygen atoms in total. The van der Waals surface area contributed by atoms with Crippen molar-refractivity contribution in [2.24, 2.45) is 0 Å². The van der Waals surface area contributed by atoms with Crippen LogP contribution in [0.1, 0.15) is 28.8 Å². The fourth-order valence-electron chi connectivity index (χ4n) is 3.65. The van der Waals surface area contributed by atoms with Crippen molar-refractivity contribution < 1.29 is 9.53 Å².